The van der Waals surface area contributed by atoms with Crippen LogP contribution >= 0.6 is 0 Å². The molecule has 0 bridgehead atoms. The van der Waals surface area contributed by atoms with Crippen molar-refractivity contribution in [2.75, 3.05) is 5.06 Å². The van der Waals surface area contributed by atoms with Crippen LogP contribution in [0.25, 0.3) is 0 Å². The fourth-order valence-electron chi connectivity index (χ4n) is 2.32. The van der Waals surface area contributed by atoms with E-state index < -0.39 is 12.2 Å². The van der Waals surface area contributed by atoms with Gasteiger partial charge < -0.3 is 15.3 Å². The van der Waals surface area contributed by atoms with Crippen molar-refractivity contribution in [3.63, 3.8) is 0 Å². The summed E-state index contributed by atoms with van der Waals surface area (Å²) in [7, 11) is 0. The second kappa shape index (κ2) is 9.65. The Morgan fingerprint density at radius 3 is 1.93 bits per heavy atom. The van der Waals surface area contributed by atoms with E-state index in [0.717, 1.165) is 11.3 Å². The van der Waals surface area contributed by atoms with Crippen molar-refractivity contribution < 1.29 is 19.2 Å². The van der Waals surface area contributed by atoms with E-state index in [-0.39, 0.29) is 6.61 Å². The summed E-state index contributed by atoms with van der Waals surface area (Å²) in [5.41, 5.74) is 7.48. The van der Waals surface area contributed by atoms with Gasteiger partial charge >= 0.3 is 12.2 Å². The first-order valence-corrected chi connectivity index (χ1v) is 8.67. The standard InChI is InChI=1S/C21H18N4O4/c22-20(26)29-25(19-9-5-2-6-10-19)21(27)28-15-16-11-13-18(14-12-16)24-23-17-7-3-1-4-8-17/h1-14H,15H2,(H2,22,26). The number of rotatable bonds is 5. The van der Waals surface area contributed by atoms with Gasteiger partial charge in [-0.25, -0.2) is 9.59 Å². The van der Waals surface area contributed by atoms with Gasteiger partial charge in [-0.05, 0) is 42.0 Å². The van der Waals surface area contributed by atoms with Gasteiger partial charge in [0.15, 0.2) is 0 Å². The second-order valence-electron chi connectivity index (χ2n) is 5.80. The Kier molecular flexibility index (Phi) is 6.51. The Labute approximate surface area is 167 Å². The lowest BCUT2D eigenvalue weighted by molar-refractivity contribution is 0.0973. The van der Waals surface area contributed by atoms with Crippen molar-refractivity contribution >= 4 is 29.2 Å². The number of azo groups is 1. The third-order valence-electron chi connectivity index (χ3n) is 3.67. The van der Waals surface area contributed by atoms with E-state index in [9.17, 15) is 9.59 Å². The van der Waals surface area contributed by atoms with Crippen LogP contribution in [-0.4, -0.2) is 12.2 Å². The van der Waals surface area contributed by atoms with Crippen LogP contribution in [0.15, 0.2) is 95.2 Å². The number of anilines is 1. The minimum atomic E-state index is -1.13. The largest absolute Gasteiger partial charge is 0.448 e. The van der Waals surface area contributed by atoms with E-state index in [1.54, 1.807) is 54.6 Å². The quantitative estimate of drug-likeness (QED) is 0.474. The van der Waals surface area contributed by atoms with Crippen LogP contribution in [0.1, 0.15) is 5.56 Å². The molecule has 29 heavy (non-hydrogen) atoms. The van der Waals surface area contributed by atoms with Gasteiger partial charge in [-0.2, -0.15) is 10.2 Å². The lowest BCUT2D eigenvalue weighted by atomic mass is 10.2. The van der Waals surface area contributed by atoms with Crippen LogP contribution in [0.4, 0.5) is 26.7 Å². The zero-order valence-electron chi connectivity index (χ0n) is 15.3. The first-order valence-electron chi connectivity index (χ1n) is 8.67. The van der Waals surface area contributed by atoms with Gasteiger partial charge in [0.2, 0.25) is 0 Å². The number of hydroxylamine groups is 1. The Morgan fingerprint density at radius 1 is 0.793 bits per heavy atom. The molecule has 8 nitrogen and oxygen atoms in total. The van der Waals surface area contributed by atoms with Crippen LogP contribution < -0.4 is 10.8 Å². The number of nitrogens with two attached hydrogens (primary N) is 1. The molecule has 0 spiro atoms. The normalized spacial score (nSPS) is 10.5. The first-order chi connectivity index (χ1) is 14.1. The molecule has 146 valence electrons. The number of carbonyl (C=O) groups is 2. The van der Waals surface area contributed by atoms with Crippen molar-refractivity contribution in [3.8, 4) is 0 Å². The summed E-state index contributed by atoms with van der Waals surface area (Å²) in [6.07, 6.45) is -2.00. The molecule has 0 saturated heterocycles. The monoisotopic (exact) mass is 390 g/mol. The Morgan fingerprint density at radius 2 is 1.34 bits per heavy atom. The molecule has 8 heteroatoms. The molecule has 0 aliphatic heterocycles. The molecule has 0 aliphatic rings. The van der Waals surface area contributed by atoms with Crippen LogP contribution in [0, 0.1) is 0 Å². The van der Waals surface area contributed by atoms with Gasteiger partial charge in [0.05, 0.1) is 17.1 Å². The minimum Gasteiger partial charge on any atom is -0.442 e. The Balaban J connectivity index is 1.60. The van der Waals surface area contributed by atoms with E-state index in [1.807, 2.05) is 30.3 Å². The van der Waals surface area contributed by atoms with E-state index in [1.165, 1.54) is 0 Å². The fraction of sp³-hybridized carbons (Fsp3) is 0.0476. The fourth-order valence-corrected chi connectivity index (χ4v) is 2.32. The number of carbonyl (C=O) groups excluding carboxylic acids is 2. The zero-order chi connectivity index (χ0) is 20.5. The molecular formula is C21H18N4O4. The average Bonchev–Trinajstić information content (AvgIpc) is 2.76. The highest BCUT2D eigenvalue weighted by Gasteiger charge is 2.21. The van der Waals surface area contributed by atoms with Crippen molar-refractivity contribution in [1.29, 1.82) is 0 Å². The van der Waals surface area contributed by atoms with Gasteiger partial charge in [0.25, 0.3) is 0 Å². The molecule has 0 fully saturated rings. The lowest BCUT2D eigenvalue weighted by Gasteiger charge is -2.19. The number of hydrogen-bond donors (Lipinski definition) is 1. The predicted octanol–water partition coefficient (Wildman–Crippen LogP) is 5.26. The molecule has 2 N–H and O–H groups in total. The number of ether oxygens (including phenoxy) is 1. The lowest BCUT2D eigenvalue weighted by Crippen LogP contribution is -2.36. The van der Waals surface area contributed by atoms with Crippen molar-refractivity contribution in [2.45, 2.75) is 6.61 Å². The van der Waals surface area contributed by atoms with Crippen LogP contribution in [-0.2, 0) is 16.2 Å². The van der Waals surface area contributed by atoms with Crippen molar-refractivity contribution in [1.82, 2.24) is 0 Å². The molecule has 2 amide bonds. The number of hydrogen-bond acceptors (Lipinski definition) is 6. The summed E-state index contributed by atoms with van der Waals surface area (Å²) >= 11 is 0. The van der Waals surface area contributed by atoms with E-state index in [0.29, 0.717) is 16.4 Å². The summed E-state index contributed by atoms with van der Waals surface area (Å²) in [6.45, 7) is -0.0274. The number of para-hydroxylation sites is 1. The number of primary amides is 1. The predicted molar refractivity (Wildman–Crippen MR) is 107 cm³/mol. The summed E-state index contributed by atoms with van der Waals surface area (Å²) in [5, 5.41) is 8.99. The molecule has 0 saturated carbocycles. The summed E-state index contributed by atoms with van der Waals surface area (Å²) in [6, 6.07) is 24.7. The SMILES string of the molecule is NC(=O)ON(C(=O)OCc1ccc(N=Nc2ccccc2)cc1)c1ccccc1. The molecule has 3 aromatic rings. The van der Waals surface area contributed by atoms with Gasteiger partial charge in [0.1, 0.15) is 6.61 Å². The molecule has 0 unspecified atom stereocenters. The first kappa shape index (κ1) is 19.6. The van der Waals surface area contributed by atoms with Gasteiger partial charge in [-0.3, -0.25) is 0 Å². The highest BCUT2D eigenvalue weighted by atomic mass is 16.8. The van der Waals surface area contributed by atoms with Crippen LogP contribution in [0.2, 0.25) is 0 Å². The van der Waals surface area contributed by atoms with Crippen molar-refractivity contribution in [3.05, 3.63) is 90.5 Å². The van der Waals surface area contributed by atoms with Crippen LogP contribution in [0.3, 0.4) is 0 Å². The molecule has 3 aromatic carbocycles. The third kappa shape index (κ3) is 5.90. The van der Waals surface area contributed by atoms with Crippen LogP contribution in [0.5, 0.6) is 0 Å². The number of amides is 2. The maximum absolute atomic E-state index is 12.3. The topological polar surface area (TPSA) is 107 Å². The highest BCUT2D eigenvalue weighted by Crippen LogP contribution is 2.19. The molecular weight excluding hydrogens is 372 g/mol. The van der Waals surface area contributed by atoms with E-state index >= 15 is 0 Å². The second-order valence-corrected chi connectivity index (χ2v) is 5.80. The Hall–Kier alpha value is -4.20. The maximum Gasteiger partial charge on any atom is 0.448 e. The molecule has 3 rings (SSSR count). The van der Waals surface area contributed by atoms with E-state index in [2.05, 4.69) is 10.2 Å². The molecule has 0 radical (unpaired) electrons. The van der Waals surface area contributed by atoms with Gasteiger partial charge in [0, 0.05) is 0 Å². The molecule has 0 aromatic heterocycles. The Bertz CT molecular complexity index is 977. The van der Waals surface area contributed by atoms with Gasteiger partial charge in [-0.15, -0.1) is 5.06 Å². The molecule has 0 aliphatic carbocycles. The van der Waals surface area contributed by atoms with Gasteiger partial charge in [-0.1, -0.05) is 48.5 Å². The summed E-state index contributed by atoms with van der Waals surface area (Å²) in [4.78, 5) is 28.2. The zero-order valence-corrected chi connectivity index (χ0v) is 15.3. The summed E-state index contributed by atoms with van der Waals surface area (Å²) in [5.74, 6) is 0. The molecule has 0 atom stereocenters. The van der Waals surface area contributed by atoms with E-state index in [4.69, 9.17) is 15.3 Å². The van der Waals surface area contributed by atoms with Crippen molar-refractivity contribution in [2.24, 2.45) is 16.0 Å². The number of benzene rings is 3. The average molecular weight is 390 g/mol. The third-order valence-corrected chi connectivity index (χ3v) is 3.67. The maximum atomic E-state index is 12.3. The minimum absolute atomic E-state index is 0.0274. The summed E-state index contributed by atoms with van der Waals surface area (Å²) < 4.78 is 5.21. The number of nitrogens with zero attached hydrogens (tertiary/aromatic N) is 3. The molecule has 0 heterocycles. The highest BCUT2D eigenvalue weighted by molar-refractivity contribution is 5.87. The smallest absolute Gasteiger partial charge is 0.442 e.